The van der Waals surface area contributed by atoms with Crippen LogP contribution in [-0.4, -0.2) is 40.3 Å². The number of nitro benzene ring substituents is 1. The summed E-state index contributed by atoms with van der Waals surface area (Å²) in [5.74, 6) is -0.417. The largest absolute Gasteiger partial charge is 0.504 e. The number of urea groups is 1. The zero-order chi connectivity index (χ0) is 29.0. The summed E-state index contributed by atoms with van der Waals surface area (Å²) in [4.78, 5) is 36.6. The van der Waals surface area contributed by atoms with Gasteiger partial charge < -0.3 is 25.2 Å². The van der Waals surface area contributed by atoms with Crippen molar-refractivity contribution in [2.75, 3.05) is 24.4 Å². The fourth-order valence-corrected chi connectivity index (χ4v) is 4.46. The van der Waals surface area contributed by atoms with E-state index < -0.39 is 16.9 Å². The molecular weight excluding hydrogens is 540 g/mol. The minimum Gasteiger partial charge on any atom is -0.504 e. The number of nitrogens with zero attached hydrogens (tertiary/aromatic N) is 2. The Balaban J connectivity index is 1.68. The highest BCUT2D eigenvalue weighted by Gasteiger charge is 2.25. The van der Waals surface area contributed by atoms with Crippen LogP contribution in [0.1, 0.15) is 23.0 Å². The Morgan fingerprint density at radius 2 is 1.73 bits per heavy atom. The Morgan fingerprint density at radius 1 is 1.05 bits per heavy atom. The first-order chi connectivity index (χ1) is 19.2. The molecule has 0 aliphatic carbocycles. The minimum absolute atomic E-state index is 0.0135. The van der Waals surface area contributed by atoms with Gasteiger partial charge in [0.25, 0.3) is 5.69 Å². The molecule has 0 unspecified atom stereocenters. The molecule has 4 rings (SSSR count). The van der Waals surface area contributed by atoms with Gasteiger partial charge in [0.15, 0.2) is 17.2 Å². The molecule has 0 radical (unpaired) electrons. The van der Waals surface area contributed by atoms with Gasteiger partial charge in [0.2, 0.25) is 0 Å². The van der Waals surface area contributed by atoms with Gasteiger partial charge in [0.1, 0.15) is 5.15 Å². The summed E-state index contributed by atoms with van der Waals surface area (Å²) in [5, 5.41) is 27.0. The number of aromatic hydroxyl groups is 1. The molecule has 0 saturated carbocycles. The van der Waals surface area contributed by atoms with Crippen LogP contribution in [0, 0.1) is 17.0 Å². The number of halogens is 1. The SMILES string of the molecule is CCOC(=O)c1c(NC(=O)Nc2cccc([N+](=O)[O-])c2C)cc(Cl)n1-c1ccc(-c2cccc(OC)c2O)cc1. The number of phenols is 1. The van der Waals surface area contributed by atoms with E-state index in [4.69, 9.17) is 21.1 Å². The Hall–Kier alpha value is -5.03. The number of rotatable bonds is 8. The summed E-state index contributed by atoms with van der Waals surface area (Å²) >= 11 is 6.53. The van der Waals surface area contributed by atoms with Gasteiger partial charge >= 0.3 is 12.0 Å². The number of ether oxygens (including phenoxy) is 2. The van der Waals surface area contributed by atoms with Crippen molar-refractivity contribution < 1.29 is 29.1 Å². The molecule has 0 aliphatic rings. The second kappa shape index (κ2) is 11.8. The van der Waals surface area contributed by atoms with Crippen molar-refractivity contribution in [3.8, 4) is 28.3 Å². The summed E-state index contributed by atoms with van der Waals surface area (Å²) in [6.45, 7) is 3.24. The van der Waals surface area contributed by atoms with Crippen molar-refractivity contribution in [3.63, 3.8) is 0 Å². The fourth-order valence-electron chi connectivity index (χ4n) is 4.17. The lowest BCUT2D eigenvalue weighted by Crippen LogP contribution is -2.22. The number of para-hydroxylation sites is 1. The van der Waals surface area contributed by atoms with E-state index in [0.29, 0.717) is 22.6 Å². The molecule has 0 saturated heterocycles. The average Bonchev–Trinajstić information content (AvgIpc) is 3.25. The van der Waals surface area contributed by atoms with Crippen molar-refractivity contribution in [1.82, 2.24) is 4.57 Å². The van der Waals surface area contributed by atoms with Crippen molar-refractivity contribution in [3.05, 3.63) is 93.3 Å². The minimum atomic E-state index is -0.744. The summed E-state index contributed by atoms with van der Waals surface area (Å²) in [7, 11) is 1.46. The molecule has 1 aromatic heterocycles. The third kappa shape index (κ3) is 5.54. The van der Waals surface area contributed by atoms with E-state index in [1.165, 1.54) is 42.9 Å². The number of nitro groups is 1. The van der Waals surface area contributed by atoms with Gasteiger partial charge in [-0.2, -0.15) is 0 Å². The molecule has 4 aromatic rings. The first-order valence-corrected chi connectivity index (χ1v) is 12.4. The number of aromatic nitrogens is 1. The summed E-state index contributed by atoms with van der Waals surface area (Å²) < 4.78 is 11.8. The summed E-state index contributed by atoms with van der Waals surface area (Å²) in [5.41, 5.74) is 2.11. The maximum absolute atomic E-state index is 13.0. The van der Waals surface area contributed by atoms with Crippen molar-refractivity contribution >= 4 is 40.7 Å². The molecule has 0 bridgehead atoms. The molecule has 12 heteroatoms. The molecule has 0 atom stereocenters. The van der Waals surface area contributed by atoms with Gasteiger partial charge in [-0.15, -0.1) is 0 Å². The zero-order valence-electron chi connectivity index (χ0n) is 21.7. The molecule has 0 fully saturated rings. The summed E-state index contributed by atoms with van der Waals surface area (Å²) in [6.07, 6.45) is 0. The molecule has 3 aromatic carbocycles. The molecule has 2 amide bonds. The molecule has 40 heavy (non-hydrogen) atoms. The van der Waals surface area contributed by atoms with E-state index in [9.17, 15) is 24.8 Å². The van der Waals surface area contributed by atoms with Crippen LogP contribution in [0.15, 0.2) is 66.7 Å². The molecule has 11 nitrogen and oxygen atoms in total. The van der Waals surface area contributed by atoms with Gasteiger partial charge in [-0.1, -0.05) is 41.9 Å². The maximum atomic E-state index is 13.0. The predicted molar refractivity (Wildman–Crippen MR) is 151 cm³/mol. The number of nitrogens with one attached hydrogen (secondary N) is 2. The van der Waals surface area contributed by atoms with Crippen molar-refractivity contribution in [2.45, 2.75) is 13.8 Å². The highest BCUT2D eigenvalue weighted by Crippen LogP contribution is 2.38. The number of phenolic OH excluding ortho intramolecular Hbond substituents is 1. The Bertz CT molecular complexity index is 1600. The van der Waals surface area contributed by atoms with Crippen LogP contribution >= 0.6 is 11.6 Å². The van der Waals surface area contributed by atoms with E-state index in [2.05, 4.69) is 10.6 Å². The van der Waals surface area contributed by atoms with Gasteiger partial charge in [-0.25, -0.2) is 9.59 Å². The van der Waals surface area contributed by atoms with E-state index in [1.807, 2.05) is 0 Å². The number of benzene rings is 3. The number of anilines is 2. The molecular formula is C28H25ClN4O7. The number of hydrogen-bond acceptors (Lipinski definition) is 7. The van der Waals surface area contributed by atoms with Crippen LogP contribution in [0.4, 0.5) is 21.9 Å². The molecule has 206 valence electrons. The van der Waals surface area contributed by atoms with Crippen LogP contribution in [-0.2, 0) is 4.74 Å². The number of carbonyl (C=O) groups is 2. The van der Waals surface area contributed by atoms with Crippen molar-refractivity contribution in [1.29, 1.82) is 0 Å². The van der Waals surface area contributed by atoms with Crippen LogP contribution in [0.25, 0.3) is 16.8 Å². The Kier molecular flexibility index (Phi) is 8.25. The lowest BCUT2D eigenvalue weighted by Gasteiger charge is -2.14. The predicted octanol–water partition coefficient (Wildman–Crippen LogP) is 6.55. The molecule has 1 heterocycles. The number of hydrogen-bond donors (Lipinski definition) is 3. The first-order valence-electron chi connectivity index (χ1n) is 12.0. The molecule has 0 spiro atoms. The van der Waals surface area contributed by atoms with Crippen molar-refractivity contribution in [2.24, 2.45) is 0 Å². The number of esters is 1. The molecule has 0 aliphatic heterocycles. The van der Waals surface area contributed by atoms with E-state index in [1.54, 1.807) is 49.4 Å². The van der Waals surface area contributed by atoms with E-state index >= 15 is 0 Å². The summed E-state index contributed by atoms with van der Waals surface area (Å²) in [6, 6.07) is 17.0. The number of carbonyl (C=O) groups excluding carboxylic acids is 2. The van der Waals surface area contributed by atoms with Gasteiger partial charge in [0.05, 0.1) is 35.6 Å². The van der Waals surface area contributed by atoms with Gasteiger partial charge in [-0.05, 0) is 43.7 Å². The standard InChI is InChI=1S/C28H25ClN4O7/c1-4-40-27(35)25-21(31-28(36)30-20-8-6-9-22(16(20)2)33(37)38)15-24(29)32(25)18-13-11-17(12-14-18)19-7-5-10-23(39-3)26(19)34/h5-15,34H,4H2,1-3H3,(H2,30,31,36). The second-order valence-corrected chi connectivity index (χ2v) is 8.86. The average molecular weight is 565 g/mol. The lowest BCUT2D eigenvalue weighted by molar-refractivity contribution is -0.385. The van der Waals surface area contributed by atoms with Crippen LogP contribution < -0.4 is 15.4 Å². The van der Waals surface area contributed by atoms with Gasteiger partial charge in [0, 0.05) is 23.4 Å². The number of amides is 2. The van der Waals surface area contributed by atoms with Crippen LogP contribution in [0.3, 0.4) is 0 Å². The topological polar surface area (TPSA) is 145 Å². The third-order valence-electron chi connectivity index (χ3n) is 6.08. The third-order valence-corrected chi connectivity index (χ3v) is 6.36. The van der Waals surface area contributed by atoms with E-state index in [-0.39, 0.29) is 45.8 Å². The Morgan fingerprint density at radius 3 is 2.38 bits per heavy atom. The highest BCUT2D eigenvalue weighted by molar-refractivity contribution is 6.31. The smallest absolute Gasteiger partial charge is 0.357 e. The Labute approximate surface area is 234 Å². The van der Waals surface area contributed by atoms with E-state index in [0.717, 1.165) is 0 Å². The fraction of sp³-hybridized carbons (Fsp3) is 0.143. The molecule has 3 N–H and O–H groups in total. The van der Waals surface area contributed by atoms with Crippen LogP contribution in [0.2, 0.25) is 5.15 Å². The normalized spacial score (nSPS) is 10.6. The monoisotopic (exact) mass is 564 g/mol. The first kappa shape index (κ1) is 28.0. The second-order valence-electron chi connectivity index (χ2n) is 8.47. The zero-order valence-corrected chi connectivity index (χ0v) is 22.5. The van der Waals surface area contributed by atoms with Crippen LogP contribution in [0.5, 0.6) is 11.5 Å². The maximum Gasteiger partial charge on any atom is 0.357 e. The highest BCUT2D eigenvalue weighted by atomic mass is 35.5. The number of methoxy groups -OCH3 is 1. The van der Waals surface area contributed by atoms with Gasteiger partial charge in [-0.3, -0.25) is 14.7 Å². The quantitative estimate of drug-likeness (QED) is 0.125. The lowest BCUT2D eigenvalue weighted by atomic mass is 10.0.